The quantitative estimate of drug-likeness (QED) is 0.468. The molecule has 1 rings (SSSR count). The zero-order valence-electron chi connectivity index (χ0n) is 3.27. The first-order valence-electron chi connectivity index (χ1n) is 1.61. The highest BCUT2D eigenvalue weighted by Crippen LogP contribution is 2.00. The third-order valence-corrected chi connectivity index (χ3v) is 0.678. The highest BCUT2D eigenvalue weighted by Gasteiger charge is 2.02. The van der Waals surface area contributed by atoms with Crippen LogP contribution >= 0.6 is 12.2 Å². The van der Waals surface area contributed by atoms with E-state index in [1.807, 2.05) is 0 Å². The molecule has 0 aromatic heterocycles. The summed E-state index contributed by atoms with van der Waals surface area (Å²) in [5.74, 6) is 0. The van der Waals surface area contributed by atoms with E-state index in [1.165, 1.54) is 0 Å². The molecule has 4 nitrogen and oxygen atoms in total. The molecule has 35 valence electrons. The second-order valence-corrected chi connectivity index (χ2v) is 1.14. The number of nitrogens with zero attached hydrogens (tertiary/aromatic N) is 4. The lowest BCUT2D eigenvalue weighted by molar-refractivity contribution is 0.935. The van der Waals surface area contributed by atoms with Gasteiger partial charge in [0.15, 0.2) is 0 Å². The Balaban J connectivity index is 2.59. The van der Waals surface area contributed by atoms with Crippen molar-refractivity contribution < 1.29 is 0 Å². The molecule has 0 N–H and O–H groups in total. The molecule has 5 heteroatoms. The minimum absolute atomic E-state index is 0.421. The van der Waals surface area contributed by atoms with Crippen LogP contribution < -0.4 is 0 Å². The molecule has 7 heavy (non-hydrogen) atoms. The Morgan fingerprint density at radius 2 is 1.86 bits per heavy atom. The Kier molecular flexibility index (Phi) is 1.16. The maximum atomic E-state index is 4.35. The fraction of sp³-hybridized carbons (Fsp3) is 0.500. The van der Waals surface area contributed by atoms with Crippen LogP contribution in [0.5, 0.6) is 0 Å². The van der Waals surface area contributed by atoms with E-state index in [0.29, 0.717) is 0 Å². The number of thiocarbonyl (C=S) groups is 1. The van der Waals surface area contributed by atoms with Crippen LogP contribution in [0.25, 0.3) is 0 Å². The standard InChI is InChI=1S/C2HN4S/c7-1-2-3-5-6-4-2/h2H. The Morgan fingerprint density at radius 3 is 2.14 bits per heavy atom. The fourth-order valence-corrected chi connectivity index (χ4v) is 0.309. The normalized spacial score (nSPS) is 18.3. The average molecular weight is 113 g/mol. The molecule has 0 bridgehead atoms. The predicted molar refractivity (Wildman–Crippen MR) is 26.1 cm³/mol. The minimum Gasteiger partial charge on any atom is -0.132 e. The van der Waals surface area contributed by atoms with Gasteiger partial charge in [0.05, 0.1) is 5.37 Å². The van der Waals surface area contributed by atoms with Crippen LogP contribution in [0.2, 0.25) is 0 Å². The van der Waals surface area contributed by atoms with E-state index < -0.39 is 6.17 Å². The molecular weight excluding hydrogens is 112 g/mol. The minimum atomic E-state index is -0.421. The zero-order valence-corrected chi connectivity index (χ0v) is 4.09. The van der Waals surface area contributed by atoms with Gasteiger partial charge in [-0.3, -0.25) is 0 Å². The Hall–Kier alpha value is -0.710. The van der Waals surface area contributed by atoms with Crippen LogP contribution in [0.3, 0.4) is 0 Å². The van der Waals surface area contributed by atoms with E-state index >= 15 is 0 Å². The summed E-state index contributed by atoms with van der Waals surface area (Å²) in [6.45, 7) is 0. The van der Waals surface area contributed by atoms with Gasteiger partial charge in [0, 0.05) is 0 Å². The van der Waals surface area contributed by atoms with Crippen molar-refractivity contribution in [2.24, 2.45) is 20.7 Å². The van der Waals surface area contributed by atoms with E-state index in [4.69, 9.17) is 0 Å². The van der Waals surface area contributed by atoms with Crippen LogP contribution in [-0.2, 0) is 0 Å². The van der Waals surface area contributed by atoms with E-state index in [-0.39, 0.29) is 0 Å². The van der Waals surface area contributed by atoms with Crippen LogP contribution in [0.1, 0.15) is 0 Å². The number of rotatable bonds is 1. The molecular formula is C2HN4S. The van der Waals surface area contributed by atoms with Gasteiger partial charge < -0.3 is 0 Å². The summed E-state index contributed by atoms with van der Waals surface area (Å²) in [6, 6.07) is 0. The molecule has 0 aromatic rings. The van der Waals surface area contributed by atoms with Crippen LogP contribution in [0.15, 0.2) is 20.7 Å². The summed E-state index contributed by atoms with van der Waals surface area (Å²) < 4.78 is 0. The first-order chi connectivity index (χ1) is 3.43. The summed E-state index contributed by atoms with van der Waals surface area (Å²) in [4.78, 5) is 0. The van der Waals surface area contributed by atoms with E-state index in [1.54, 1.807) is 0 Å². The van der Waals surface area contributed by atoms with Crippen molar-refractivity contribution in [3.8, 4) is 0 Å². The van der Waals surface area contributed by atoms with Crippen molar-refractivity contribution in [3.63, 3.8) is 0 Å². The second kappa shape index (κ2) is 1.83. The van der Waals surface area contributed by atoms with Gasteiger partial charge in [-0.15, -0.1) is 10.2 Å². The Bertz CT molecular complexity index is 116. The van der Waals surface area contributed by atoms with Crippen molar-refractivity contribution >= 4 is 17.6 Å². The number of hydrogen-bond acceptors (Lipinski definition) is 5. The van der Waals surface area contributed by atoms with Crippen molar-refractivity contribution in [1.29, 1.82) is 0 Å². The van der Waals surface area contributed by atoms with E-state index in [0.717, 1.165) is 0 Å². The van der Waals surface area contributed by atoms with Gasteiger partial charge in [-0.2, -0.15) is 0 Å². The maximum absolute atomic E-state index is 4.35. The summed E-state index contributed by atoms with van der Waals surface area (Å²) in [6.07, 6.45) is -0.421. The first-order valence-corrected chi connectivity index (χ1v) is 2.02. The third-order valence-electron chi connectivity index (χ3n) is 0.467. The first kappa shape index (κ1) is 4.45. The van der Waals surface area contributed by atoms with E-state index in [9.17, 15) is 0 Å². The molecule has 0 amide bonds. The molecule has 0 spiro atoms. The van der Waals surface area contributed by atoms with Crippen molar-refractivity contribution in [2.45, 2.75) is 6.17 Å². The molecule has 1 aliphatic heterocycles. The van der Waals surface area contributed by atoms with Gasteiger partial charge in [0.25, 0.3) is 0 Å². The van der Waals surface area contributed by atoms with Gasteiger partial charge in [-0.05, 0) is 10.4 Å². The molecule has 0 aromatic carbocycles. The monoisotopic (exact) mass is 113 g/mol. The topological polar surface area (TPSA) is 49.4 Å². The Labute approximate surface area is 45.3 Å². The van der Waals surface area contributed by atoms with Gasteiger partial charge in [0.2, 0.25) is 6.17 Å². The summed E-state index contributed by atoms with van der Waals surface area (Å²) >= 11 is 4.35. The molecule has 1 aliphatic rings. The fourth-order valence-electron chi connectivity index (χ4n) is 0.214. The second-order valence-electron chi connectivity index (χ2n) is 0.901. The SMILES string of the molecule is S=[C]C1N=NN=N1. The Morgan fingerprint density at radius 1 is 1.29 bits per heavy atom. The van der Waals surface area contributed by atoms with Crippen molar-refractivity contribution in [3.05, 3.63) is 0 Å². The van der Waals surface area contributed by atoms with Crippen LogP contribution in [0.4, 0.5) is 0 Å². The molecule has 0 unspecified atom stereocenters. The lowest BCUT2D eigenvalue weighted by Gasteiger charge is -1.78. The van der Waals surface area contributed by atoms with Gasteiger partial charge in [0.1, 0.15) is 0 Å². The third kappa shape index (κ3) is 0.833. The van der Waals surface area contributed by atoms with Gasteiger partial charge >= 0.3 is 0 Å². The zero-order chi connectivity index (χ0) is 5.11. The van der Waals surface area contributed by atoms with Crippen LogP contribution in [-0.4, -0.2) is 11.5 Å². The van der Waals surface area contributed by atoms with Crippen LogP contribution in [0, 0.1) is 0 Å². The van der Waals surface area contributed by atoms with Gasteiger partial charge in [-0.25, -0.2) is 0 Å². The van der Waals surface area contributed by atoms with E-state index in [2.05, 4.69) is 38.3 Å². The summed E-state index contributed by atoms with van der Waals surface area (Å²) in [5.41, 5.74) is 0. The highest BCUT2D eigenvalue weighted by atomic mass is 32.1. The number of hydrogen-bond donors (Lipinski definition) is 0. The van der Waals surface area contributed by atoms with Crippen molar-refractivity contribution in [2.75, 3.05) is 0 Å². The van der Waals surface area contributed by atoms with Gasteiger partial charge in [-0.1, -0.05) is 12.2 Å². The van der Waals surface area contributed by atoms with Crippen molar-refractivity contribution in [1.82, 2.24) is 0 Å². The predicted octanol–water partition coefficient (Wildman–Crippen LogP) is 1.02. The molecule has 0 aliphatic carbocycles. The smallest absolute Gasteiger partial charge is 0.132 e. The molecule has 0 atom stereocenters. The molecule has 0 saturated carbocycles. The lowest BCUT2D eigenvalue weighted by Crippen LogP contribution is -1.92. The summed E-state index contributed by atoms with van der Waals surface area (Å²) in [5, 5.41) is 15.6. The molecule has 1 radical (unpaired) electrons. The summed E-state index contributed by atoms with van der Waals surface area (Å²) in [7, 11) is 0. The maximum Gasteiger partial charge on any atom is 0.221 e. The molecule has 0 fully saturated rings. The molecule has 1 heterocycles. The highest BCUT2D eigenvalue weighted by molar-refractivity contribution is 7.79. The largest absolute Gasteiger partial charge is 0.221 e. The lowest BCUT2D eigenvalue weighted by atomic mass is 10.6. The average Bonchev–Trinajstić information content (AvgIpc) is 2.14. The molecule has 0 saturated heterocycles.